The number of aromatic hydroxyl groups is 2. The predicted molar refractivity (Wildman–Crippen MR) is 97.9 cm³/mol. The fraction of sp³-hybridized carbons (Fsp3) is 0.400. The van der Waals surface area contributed by atoms with Gasteiger partial charge in [0.25, 0.3) is 0 Å². The summed E-state index contributed by atoms with van der Waals surface area (Å²) in [5, 5.41) is 39.5. The van der Waals surface area contributed by atoms with Crippen molar-refractivity contribution in [3.8, 4) is 28.7 Å². The summed E-state index contributed by atoms with van der Waals surface area (Å²) in [5.41, 5.74) is 2.22. The Morgan fingerprint density at radius 2 is 1.67 bits per heavy atom. The number of phenols is 2. The van der Waals surface area contributed by atoms with Crippen LogP contribution in [0.1, 0.15) is 35.1 Å². The molecule has 4 N–H and O–H groups in total. The lowest BCUT2D eigenvalue weighted by Crippen LogP contribution is -2.13. The summed E-state index contributed by atoms with van der Waals surface area (Å²) in [5.74, 6) is 0.270. The van der Waals surface area contributed by atoms with Gasteiger partial charge in [-0.25, -0.2) is 0 Å². The molecule has 2 aromatic carbocycles. The fourth-order valence-electron chi connectivity index (χ4n) is 3.47. The van der Waals surface area contributed by atoms with E-state index in [4.69, 9.17) is 19.3 Å². The van der Waals surface area contributed by atoms with Gasteiger partial charge in [0, 0.05) is 17.7 Å². The Labute approximate surface area is 157 Å². The average Bonchev–Trinajstić information content (AvgIpc) is 3.05. The Morgan fingerprint density at radius 3 is 2.22 bits per heavy atom. The number of fused-ring (bicyclic) bond motifs is 1. The van der Waals surface area contributed by atoms with E-state index < -0.39 is 12.0 Å². The SMILES string of the molecule is COc1cc([C@@H]2Oc3c(O)cc(CCCO)cc3[C@H]2CO)cc(OC)c1O. The first-order valence-electron chi connectivity index (χ1n) is 8.73. The molecule has 3 rings (SSSR count). The molecule has 0 radical (unpaired) electrons. The van der Waals surface area contributed by atoms with Crippen LogP contribution >= 0.6 is 0 Å². The summed E-state index contributed by atoms with van der Waals surface area (Å²) in [6.07, 6.45) is 0.618. The van der Waals surface area contributed by atoms with Gasteiger partial charge >= 0.3 is 0 Å². The number of phenolic OH excluding ortho intramolecular Hbond substituents is 2. The molecule has 0 aliphatic carbocycles. The first kappa shape index (κ1) is 19.1. The number of hydrogen-bond acceptors (Lipinski definition) is 7. The Hall–Kier alpha value is -2.64. The number of benzene rings is 2. The zero-order chi connectivity index (χ0) is 19.6. The number of ether oxygens (including phenoxy) is 3. The molecule has 0 spiro atoms. The summed E-state index contributed by atoms with van der Waals surface area (Å²) in [6, 6.07) is 6.76. The molecule has 0 bridgehead atoms. The topological polar surface area (TPSA) is 109 Å². The smallest absolute Gasteiger partial charge is 0.200 e. The molecule has 7 heteroatoms. The van der Waals surface area contributed by atoms with Crippen LogP contribution < -0.4 is 14.2 Å². The van der Waals surface area contributed by atoms with E-state index in [9.17, 15) is 15.3 Å². The van der Waals surface area contributed by atoms with Gasteiger partial charge in [0.1, 0.15) is 6.10 Å². The molecule has 0 fully saturated rings. The van der Waals surface area contributed by atoms with E-state index >= 15 is 0 Å². The largest absolute Gasteiger partial charge is 0.504 e. The lowest BCUT2D eigenvalue weighted by atomic mass is 9.90. The first-order chi connectivity index (χ1) is 13.0. The number of hydrogen-bond donors (Lipinski definition) is 4. The van der Waals surface area contributed by atoms with Crippen LogP contribution in [0.5, 0.6) is 28.7 Å². The minimum atomic E-state index is -0.576. The van der Waals surface area contributed by atoms with Crippen molar-refractivity contribution < 1.29 is 34.6 Å². The van der Waals surface area contributed by atoms with E-state index in [1.54, 1.807) is 18.2 Å². The molecule has 0 saturated carbocycles. The van der Waals surface area contributed by atoms with Crippen molar-refractivity contribution in [1.82, 2.24) is 0 Å². The molecule has 1 heterocycles. The zero-order valence-corrected chi connectivity index (χ0v) is 15.3. The van der Waals surface area contributed by atoms with Crippen LogP contribution in [0.2, 0.25) is 0 Å². The average molecular weight is 376 g/mol. The molecule has 0 saturated heterocycles. The maximum absolute atomic E-state index is 10.4. The van der Waals surface area contributed by atoms with Gasteiger partial charge in [-0.3, -0.25) is 0 Å². The number of methoxy groups -OCH3 is 2. The molecule has 2 atom stereocenters. The van der Waals surface area contributed by atoms with Crippen LogP contribution in [0, 0.1) is 0 Å². The van der Waals surface area contributed by atoms with E-state index in [-0.39, 0.29) is 36.2 Å². The molecule has 27 heavy (non-hydrogen) atoms. The monoisotopic (exact) mass is 376 g/mol. The zero-order valence-electron chi connectivity index (χ0n) is 15.3. The van der Waals surface area contributed by atoms with Crippen LogP contribution in [0.3, 0.4) is 0 Å². The highest BCUT2D eigenvalue weighted by molar-refractivity contribution is 5.57. The Balaban J connectivity index is 2.02. The third-order valence-corrected chi connectivity index (χ3v) is 4.82. The maximum Gasteiger partial charge on any atom is 0.200 e. The molecule has 2 aromatic rings. The summed E-state index contributed by atoms with van der Waals surface area (Å²) < 4.78 is 16.4. The summed E-state index contributed by atoms with van der Waals surface area (Å²) in [7, 11) is 2.87. The van der Waals surface area contributed by atoms with E-state index in [1.807, 2.05) is 6.07 Å². The second-order valence-electron chi connectivity index (χ2n) is 6.46. The number of aliphatic hydroxyl groups is 2. The van der Waals surface area contributed by atoms with Gasteiger partial charge in [-0.05, 0) is 36.6 Å². The lowest BCUT2D eigenvalue weighted by molar-refractivity contribution is 0.156. The highest BCUT2D eigenvalue weighted by atomic mass is 16.5. The quantitative estimate of drug-likeness (QED) is 0.587. The van der Waals surface area contributed by atoms with E-state index in [2.05, 4.69) is 0 Å². The van der Waals surface area contributed by atoms with Crippen molar-refractivity contribution >= 4 is 0 Å². The second-order valence-corrected chi connectivity index (χ2v) is 6.46. The van der Waals surface area contributed by atoms with Crippen molar-refractivity contribution in [3.05, 3.63) is 41.0 Å². The van der Waals surface area contributed by atoms with Gasteiger partial charge in [0.15, 0.2) is 23.0 Å². The van der Waals surface area contributed by atoms with Crippen molar-refractivity contribution in [3.63, 3.8) is 0 Å². The minimum absolute atomic E-state index is 0.000835. The molecule has 0 amide bonds. The molecular formula is C20H24O7. The van der Waals surface area contributed by atoms with Gasteiger partial charge in [-0.1, -0.05) is 6.07 Å². The molecule has 0 unspecified atom stereocenters. The lowest BCUT2D eigenvalue weighted by Gasteiger charge is -2.20. The molecule has 146 valence electrons. The van der Waals surface area contributed by atoms with E-state index in [1.165, 1.54) is 14.2 Å². The number of aryl methyl sites for hydroxylation is 1. The molecule has 7 nitrogen and oxygen atoms in total. The molecular weight excluding hydrogens is 352 g/mol. The molecule has 1 aliphatic rings. The highest BCUT2D eigenvalue weighted by Gasteiger charge is 2.38. The van der Waals surface area contributed by atoms with Gasteiger partial charge in [0.2, 0.25) is 5.75 Å². The third-order valence-electron chi connectivity index (χ3n) is 4.82. The van der Waals surface area contributed by atoms with Crippen molar-refractivity contribution in [1.29, 1.82) is 0 Å². The van der Waals surface area contributed by atoms with Gasteiger partial charge in [-0.15, -0.1) is 0 Å². The van der Waals surface area contributed by atoms with Gasteiger partial charge < -0.3 is 34.6 Å². The van der Waals surface area contributed by atoms with Crippen LogP contribution in [0.15, 0.2) is 24.3 Å². The van der Waals surface area contributed by atoms with Crippen LogP contribution in [-0.2, 0) is 6.42 Å². The van der Waals surface area contributed by atoms with Gasteiger partial charge in [0.05, 0.1) is 26.7 Å². The molecule has 1 aliphatic heterocycles. The standard InChI is InChI=1S/C20H24O7/c1-25-16-8-12(9-17(26-2)18(16)24)19-14(10-22)13-6-11(4-3-5-21)7-15(23)20(13)27-19/h6-9,14,19,21-24H,3-5,10H2,1-2H3/t14-,19+/m1/s1. The Bertz CT molecular complexity index is 793. The number of rotatable bonds is 7. The Kier molecular flexibility index (Phi) is 5.62. The van der Waals surface area contributed by atoms with Crippen LogP contribution in [0.25, 0.3) is 0 Å². The van der Waals surface area contributed by atoms with Crippen molar-refractivity contribution in [2.75, 3.05) is 27.4 Å². The van der Waals surface area contributed by atoms with E-state index in [0.29, 0.717) is 29.7 Å². The molecule has 0 aromatic heterocycles. The predicted octanol–water partition coefficient (Wildman–Crippen LogP) is 2.25. The maximum atomic E-state index is 10.4. The normalized spacial score (nSPS) is 18.1. The Morgan fingerprint density at radius 1 is 1.00 bits per heavy atom. The van der Waals surface area contributed by atoms with Crippen molar-refractivity contribution in [2.24, 2.45) is 0 Å². The first-order valence-corrected chi connectivity index (χ1v) is 8.73. The van der Waals surface area contributed by atoms with Crippen LogP contribution in [-0.4, -0.2) is 47.9 Å². The minimum Gasteiger partial charge on any atom is -0.504 e. The summed E-state index contributed by atoms with van der Waals surface area (Å²) in [6.45, 7) is -0.125. The number of aliphatic hydroxyl groups excluding tert-OH is 2. The fourth-order valence-corrected chi connectivity index (χ4v) is 3.47. The van der Waals surface area contributed by atoms with Gasteiger partial charge in [-0.2, -0.15) is 0 Å². The summed E-state index contributed by atoms with van der Waals surface area (Å²) in [4.78, 5) is 0. The second kappa shape index (κ2) is 7.94. The third kappa shape index (κ3) is 3.48. The highest BCUT2D eigenvalue weighted by Crippen LogP contribution is 2.52. The van der Waals surface area contributed by atoms with Crippen molar-refractivity contribution in [2.45, 2.75) is 24.9 Å². The van der Waals surface area contributed by atoms with Crippen LogP contribution in [0.4, 0.5) is 0 Å². The summed E-state index contributed by atoms with van der Waals surface area (Å²) >= 11 is 0. The van der Waals surface area contributed by atoms with E-state index in [0.717, 1.165) is 5.56 Å².